The summed E-state index contributed by atoms with van der Waals surface area (Å²) in [6.07, 6.45) is -3.05. The maximum atomic E-state index is 10.6. The number of carbonyl (C=O) groups is 2. The Labute approximate surface area is 96.1 Å². The summed E-state index contributed by atoms with van der Waals surface area (Å²) in [5, 5.41) is 17.6. The molecule has 0 saturated heterocycles. The maximum absolute atomic E-state index is 10.6. The fourth-order valence-electron chi connectivity index (χ4n) is 1.11. The van der Waals surface area contributed by atoms with Crippen LogP contribution in [-0.4, -0.2) is 32.3 Å². The summed E-state index contributed by atoms with van der Waals surface area (Å²) < 4.78 is 0. The first-order valence-electron chi connectivity index (χ1n) is 4.27. The summed E-state index contributed by atoms with van der Waals surface area (Å²) in [5.74, 6) is 0. The first-order valence-corrected chi connectivity index (χ1v) is 4.65. The predicted molar refractivity (Wildman–Crippen MR) is 55.6 cm³/mol. The molecule has 0 spiro atoms. The first-order chi connectivity index (χ1) is 7.41. The average molecular weight is 245 g/mol. The summed E-state index contributed by atoms with van der Waals surface area (Å²) in [6, 6.07) is 3.02. The summed E-state index contributed by atoms with van der Waals surface area (Å²) in [4.78, 5) is 25.4. The second-order valence-electron chi connectivity index (χ2n) is 3.03. The van der Waals surface area contributed by atoms with E-state index in [0.717, 1.165) is 0 Å². The molecule has 1 rings (SSSR count). The molecule has 0 aliphatic rings. The number of imide groups is 1. The zero-order valence-corrected chi connectivity index (χ0v) is 9.10. The number of rotatable bonds is 2. The van der Waals surface area contributed by atoms with Crippen LogP contribution in [-0.2, 0) is 6.54 Å². The molecule has 1 aromatic rings. The highest BCUT2D eigenvalue weighted by atomic mass is 35.5. The highest BCUT2D eigenvalue weighted by Gasteiger charge is 2.20. The smallest absolute Gasteiger partial charge is 0.417 e. The van der Waals surface area contributed by atoms with Crippen LogP contribution in [0, 0.1) is 6.92 Å². The van der Waals surface area contributed by atoms with Crippen molar-refractivity contribution in [2.24, 2.45) is 0 Å². The summed E-state index contributed by atoms with van der Waals surface area (Å²) >= 11 is 5.62. The molecule has 0 aromatic carbocycles. The normalized spacial score (nSPS) is 9.88. The SMILES string of the molecule is Cc1nc(Cl)ccc1CN(C(=O)O)C(=O)O. The van der Waals surface area contributed by atoms with Crippen LogP contribution in [0.4, 0.5) is 9.59 Å². The summed E-state index contributed by atoms with van der Waals surface area (Å²) in [5.41, 5.74) is 0.995. The number of pyridine rings is 1. The Kier molecular flexibility index (Phi) is 3.68. The van der Waals surface area contributed by atoms with E-state index in [9.17, 15) is 9.59 Å². The number of hydrogen-bond acceptors (Lipinski definition) is 3. The lowest BCUT2D eigenvalue weighted by Gasteiger charge is -2.14. The minimum Gasteiger partial charge on any atom is -0.465 e. The minimum atomic E-state index is -1.53. The van der Waals surface area contributed by atoms with Gasteiger partial charge in [0.15, 0.2) is 0 Å². The van der Waals surface area contributed by atoms with Crippen LogP contribution in [0.25, 0.3) is 0 Å². The Morgan fingerprint density at radius 1 is 1.38 bits per heavy atom. The number of nitrogens with zero attached hydrogens (tertiary/aromatic N) is 2. The van der Waals surface area contributed by atoms with Gasteiger partial charge in [-0.05, 0) is 18.6 Å². The van der Waals surface area contributed by atoms with Crippen molar-refractivity contribution in [2.75, 3.05) is 0 Å². The Balaban J connectivity index is 2.94. The van der Waals surface area contributed by atoms with Gasteiger partial charge in [0.2, 0.25) is 0 Å². The van der Waals surface area contributed by atoms with E-state index in [1.807, 2.05) is 0 Å². The molecule has 0 unspecified atom stereocenters. The molecule has 7 heteroatoms. The number of aromatic nitrogens is 1. The van der Waals surface area contributed by atoms with E-state index < -0.39 is 12.2 Å². The molecule has 2 amide bonds. The molecule has 0 saturated carbocycles. The molecule has 6 nitrogen and oxygen atoms in total. The van der Waals surface area contributed by atoms with E-state index in [1.165, 1.54) is 6.07 Å². The molecule has 2 N–H and O–H groups in total. The molecular formula is C9H9ClN2O4. The van der Waals surface area contributed by atoms with Gasteiger partial charge in [0.1, 0.15) is 5.15 Å². The quantitative estimate of drug-likeness (QED) is 0.779. The fraction of sp³-hybridized carbons (Fsp3) is 0.222. The van der Waals surface area contributed by atoms with Gasteiger partial charge in [-0.1, -0.05) is 17.7 Å². The standard InChI is InChI=1S/C9H9ClN2O4/c1-5-6(2-3-7(10)11-5)4-12(8(13)14)9(15)16/h2-3H,4H2,1H3,(H,13,14)(H,15,16). The number of halogens is 1. The largest absolute Gasteiger partial charge is 0.465 e. The van der Waals surface area contributed by atoms with Crippen molar-refractivity contribution >= 4 is 23.8 Å². The number of hydrogen-bond donors (Lipinski definition) is 2. The van der Waals surface area contributed by atoms with Crippen molar-refractivity contribution in [1.29, 1.82) is 0 Å². The summed E-state index contributed by atoms with van der Waals surface area (Å²) in [6.45, 7) is 1.36. The van der Waals surface area contributed by atoms with Crippen LogP contribution in [0.1, 0.15) is 11.3 Å². The molecule has 0 atom stereocenters. The number of carboxylic acid groups (broad SMARTS) is 2. The molecule has 0 radical (unpaired) electrons. The molecule has 0 aliphatic heterocycles. The van der Waals surface area contributed by atoms with Gasteiger partial charge in [0, 0.05) is 5.69 Å². The molecule has 0 bridgehead atoms. The van der Waals surface area contributed by atoms with Crippen molar-refractivity contribution in [2.45, 2.75) is 13.5 Å². The second-order valence-corrected chi connectivity index (χ2v) is 3.42. The van der Waals surface area contributed by atoms with Crippen LogP contribution < -0.4 is 0 Å². The predicted octanol–water partition coefficient (Wildman–Crippen LogP) is 2.20. The van der Waals surface area contributed by atoms with Gasteiger partial charge in [0.25, 0.3) is 0 Å². The molecule has 1 heterocycles. The van der Waals surface area contributed by atoms with Gasteiger partial charge in [-0.15, -0.1) is 0 Å². The lowest BCUT2D eigenvalue weighted by Crippen LogP contribution is -2.34. The molecule has 86 valence electrons. The van der Waals surface area contributed by atoms with Crippen LogP contribution in [0.2, 0.25) is 5.15 Å². The van der Waals surface area contributed by atoms with Crippen molar-refractivity contribution in [3.05, 3.63) is 28.5 Å². The Morgan fingerprint density at radius 2 is 1.94 bits per heavy atom. The third-order valence-corrected chi connectivity index (χ3v) is 2.16. The topological polar surface area (TPSA) is 90.7 Å². The van der Waals surface area contributed by atoms with E-state index in [1.54, 1.807) is 13.0 Å². The van der Waals surface area contributed by atoms with Crippen molar-refractivity contribution in [3.8, 4) is 0 Å². The fourth-order valence-corrected chi connectivity index (χ4v) is 1.30. The highest BCUT2D eigenvalue weighted by Crippen LogP contribution is 2.13. The van der Waals surface area contributed by atoms with Gasteiger partial charge < -0.3 is 10.2 Å². The number of aryl methyl sites for hydroxylation is 1. The van der Waals surface area contributed by atoms with Crippen molar-refractivity contribution in [1.82, 2.24) is 9.88 Å². The lowest BCUT2D eigenvalue weighted by atomic mass is 10.2. The van der Waals surface area contributed by atoms with E-state index in [0.29, 0.717) is 11.3 Å². The van der Waals surface area contributed by atoms with Gasteiger partial charge >= 0.3 is 12.2 Å². The second kappa shape index (κ2) is 4.80. The van der Waals surface area contributed by atoms with E-state index >= 15 is 0 Å². The van der Waals surface area contributed by atoms with Crippen LogP contribution in [0.15, 0.2) is 12.1 Å². The van der Waals surface area contributed by atoms with Gasteiger partial charge in [0.05, 0.1) is 6.54 Å². The Bertz CT molecular complexity index is 422. The van der Waals surface area contributed by atoms with Crippen LogP contribution in [0.5, 0.6) is 0 Å². The zero-order valence-electron chi connectivity index (χ0n) is 8.35. The third kappa shape index (κ3) is 2.83. The number of amides is 2. The van der Waals surface area contributed by atoms with Gasteiger partial charge in [-0.2, -0.15) is 0 Å². The van der Waals surface area contributed by atoms with Crippen LogP contribution >= 0.6 is 11.6 Å². The molecule has 16 heavy (non-hydrogen) atoms. The lowest BCUT2D eigenvalue weighted by molar-refractivity contribution is 0.120. The van der Waals surface area contributed by atoms with E-state index in [2.05, 4.69) is 4.98 Å². The maximum Gasteiger partial charge on any atom is 0.417 e. The van der Waals surface area contributed by atoms with Crippen molar-refractivity contribution in [3.63, 3.8) is 0 Å². The average Bonchev–Trinajstić information content (AvgIpc) is 2.15. The highest BCUT2D eigenvalue weighted by molar-refractivity contribution is 6.29. The first kappa shape index (κ1) is 12.3. The molecule has 0 aliphatic carbocycles. The Morgan fingerprint density at radius 3 is 2.38 bits per heavy atom. The van der Waals surface area contributed by atoms with Crippen molar-refractivity contribution < 1.29 is 19.8 Å². The monoisotopic (exact) mass is 244 g/mol. The molecular weight excluding hydrogens is 236 g/mol. The van der Waals surface area contributed by atoms with E-state index in [4.69, 9.17) is 21.8 Å². The third-order valence-electron chi connectivity index (χ3n) is 1.95. The van der Waals surface area contributed by atoms with Gasteiger partial charge in [-0.3, -0.25) is 0 Å². The molecule has 1 aromatic heterocycles. The van der Waals surface area contributed by atoms with Gasteiger partial charge in [-0.25, -0.2) is 19.5 Å². The minimum absolute atomic E-state index is 0.263. The van der Waals surface area contributed by atoms with E-state index in [-0.39, 0.29) is 16.6 Å². The van der Waals surface area contributed by atoms with Crippen LogP contribution in [0.3, 0.4) is 0 Å². The zero-order chi connectivity index (χ0) is 12.3. The Hall–Kier alpha value is -1.82. The molecule has 0 fully saturated rings. The summed E-state index contributed by atoms with van der Waals surface area (Å²) in [7, 11) is 0.